The number of thiazole rings is 1. The molecule has 1 fully saturated rings. The van der Waals surface area contributed by atoms with Crippen LogP contribution >= 0.6 is 22.9 Å². The standard InChI is InChI=1S/C18H9ClN2O4S/c19-9-4-3-5-10(8-9)21-17(24)14(22)13(15(23)18(21)25)16-20-11-6-1-2-7-12(11)26-16/h1-8,13H. The van der Waals surface area contributed by atoms with E-state index in [0.29, 0.717) is 10.4 Å². The molecule has 8 heteroatoms. The van der Waals surface area contributed by atoms with Gasteiger partial charge in [0.25, 0.3) is 0 Å². The molecular formula is C18H9ClN2O4S. The van der Waals surface area contributed by atoms with E-state index >= 15 is 0 Å². The van der Waals surface area contributed by atoms with E-state index in [4.69, 9.17) is 11.6 Å². The van der Waals surface area contributed by atoms with Crippen molar-refractivity contribution in [2.45, 2.75) is 5.92 Å². The minimum absolute atomic E-state index is 0.0805. The fourth-order valence-corrected chi connectivity index (χ4v) is 4.02. The number of carbonyl (C=O) groups excluding carboxylic acids is 4. The van der Waals surface area contributed by atoms with E-state index in [1.165, 1.54) is 18.2 Å². The number of hydrogen-bond acceptors (Lipinski definition) is 6. The molecule has 1 saturated heterocycles. The third kappa shape index (κ3) is 2.53. The molecule has 0 unspecified atom stereocenters. The Morgan fingerprint density at radius 3 is 2.27 bits per heavy atom. The van der Waals surface area contributed by atoms with Gasteiger partial charge in [0.2, 0.25) is 11.6 Å². The quantitative estimate of drug-likeness (QED) is 0.385. The Bertz CT molecular complexity index is 1050. The summed E-state index contributed by atoms with van der Waals surface area (Å²) in [5.41, 5.74) is 0.683. The highest BCUT2D eigenvalue weighted by Crippen LogP contribution is 2.33. The maximum absolute atomic E-state index is 12.6. The normalized spacial score (nSPS) is 16.0. The van der Waals surface area contributed by atoms with Crippen molar-refractivity contribution in [2.75, 3.05) is 4.90 Å². The number of anilines is 1. The molecule has 2 heterocycles. The molecule has 0 aliphatic carbocycles. The van der Waals surface area contributed by atoms with Crippen molar-refractivity contribution in [3.05, 3.63) is 58.6 Å². The number of aromatic nitrogens is 1. The largest absolute Gasteiger partial charge is 0.302 e. The third-order valence-corrected chi connectivity index (χ3v) is 5.31. The summed E-state index contributed by atoms with van der Waals surface area (Å²) in [6, 6.07) is 12.9. The molecule has 3 aromatic rings. The summed E-state index contributed by atoms with van der Waals surface area (Å²) in [6.07, 6.45) is 0. The lowest BCUT2D eigenvalue weighted by Crippen LogP contribution is -2.54. The van der Waals surface area contributed by atoms with Gasteiger partial charge in [0.15, 0.2) is 0 Å². The maximum Gasteiger partial charge on any atom is 0.302 e. The van der Waals surface area contributed by atoms with Crippen molar-refractivity contribution in [1.82, 2.24) is 4.98 Å². The first-order valence-electron chi connectivity index (χ1n) is 7.55. The molecule has 0 atom stereocenters. The van der Waals surface area contributed by atoms with Gasteiger partial charge < -0.3 is 0 Å². The van der Waals surface area contributed by atoms with Gasteiger partial charge in [0.1, 0.15) is 10.9 Å². The fraction of sp³-hybridized carbons (Fsp3) is 0.0556. The maximum atomic E-state index is 12.6. The van der Waals surface area contributed by atoms with E-state index in [2.05, 4.69) is 4.98 Å². The number of fused-ring (bicyclic) bond motifs is 1. The molecule has 1 aliphatic rings. The van der Waals surface area contributed by atoms with Gasteiger partial charge in [-0.2, -0.15) is 0 Å². The Hall–Kier alpha value is -2.90. The van der Waals surface area contributed by atoms with E-state index in [-0.39, 0.29) is 15.7 Å². The predicted octanol–water partition coefficient (Wildman–Crippen LogP) is 2.74. The van der Waals surface area contributed by atoms with Crippen molar-refractivity contribution in [2.24, 2.45) is 0 Å². The Morgan fingerprint density at radius 2 is 1.62 bits per heavy atom. The number of para-hydroxylation sites is 1. The summed E-state index contributed by atoms with van der Waals surface area (Å²) in [5.74, 6) is -5.59. The molecule has 0 bridgehead atoms. The number of halogens is 1. The van der Waals surface area contributed by atoms with E-state index in [1.807, 2.05) is 0 Å². The van der Waals surface area contributed by atoms with Crippen LogP contribution in [-0.2, 0) is 19.2 Å². The molecule has 0 spiro atoms. The predicted molar refractivity (Wildman–Crippen MR) is 96.3 cm³/mol. The van der Waals surface area contributed by atoms with E-state index in [1.54, 1.807) is 30.3 Å². The average molecular weight is 385 g/mol. The molecule has 0 N–H and O–H groups in total. The molecular weight excluding hydrogens is 376 g/mol. The molecule has 1 aromatic heterocycles. The smallest absolute Gasteiger partial charge is 0.287 e. The molecule has 4 rings (SSSR count). The Labute approximate surface area is 156 Å². The second-order valence-corrected chi connectivity index (χ2v) is 7.11. The Morgan fingerprint density at radius 1 is 0.923 bits per heavy atom. The average Bonchev–Trinajstić information content (AvgIpc) is 3.04. The fourth-order valence-electron chi connectivity index (χ4n) is 2.77. The second-order valence-electron chi connectivity index (χ2n) is 5.61. The number of ketones is 2. The van der Waals surface area contributed by atoms with Gasteiger partial charge in [0, 0.05) is 5.02 Å². The molecule has 6 nitrogen and oxygen atoms in total. The van der Waals surface area contributed by atoms with Crippen LogP contribution in [-0.4, -0.2) is 28.4 Å². The van der Waals surface area contributed by atoms with E-state index in [0.717, 1.165) is 16.0 Å². The highest BCUT2D eigenvalue weighted by Gasteiger charge is 2.49. The number of rotatable bonds is 2. The lowest BCUT2D eigenvalue weighted by atomic mass is 9.93. The lowest BCUT2D eigenvalue weighted by molar-refractivity contribution is -0.149. The van der Waals surface area contributed by atoms with Crippen LogP contribution in [0.15, 0.2) is 48.5 Å². The zero-order chi connectivity index (χ0) is 18.4. The summed E-state index contributed by atoms with van der Waals surface area (Å²) < 4.78 is 0.764. The number of imide groups is 1. The molecule has 26 heavy (non-hydrogen) atoms. The van der Waals surface area contributed by atoms with Crippen molar-refractivity contribution in [3.63, 3.8) is 0 Å². The SMILES string of the molecule is O=C1C(=O)N(c2cccc(Cl)c2)C(=O)C(=O)C1c1nc2ccccc2s1. The van der Waals surface area contributed by atoms with Gasteiger partial charge in [-0.05, 0) is 30.3 Å². The number of carbonyl (C=O) groups is 4. The van der Waals surface area contributed by atoms with Gasteiger partial charge in [-0.25, -0.2) is 9.88 Å². The van der Waals surface area contributed by atoms with Gasteiger partial charge in [-0.15, -0.1) is 11.3 Å². The van der Waals surface area contributed by atoms with Crippen molar-refractivity contribution in [3.8, 4) is 0 Å². The molecule has 0 saturated carbocycles. The third-order valence-electron chi connectivity index (χ3n) is 3.98. The van der Waals surface area contributed by atoms with Crippen LogP contribution in [0.3, 0.4) is 0 Å². The minimum Gasteiger partial charge on any atom is -0.287 e. The van der Waals surface area contributed by atoms with Crippen LogP contribution in [0.5, 0.6) is 0 Å². The first kappa shape index (κ1) is 16.6. The summed E-state index contributed by atoms with van der Waals surface area (Å²) >= 11 is 6.99. The lowest BCUT2D eigenvalue weighted by Gasteiger charge is -2.26. The summed E-state index contributed by atoms with van der Waals surface area (Å²) in [7, 11) is 0. The highest BCUT2D eigenvalue weighted by molar-refractivity contribution is 7.19. The number of Topliss-reactive ketones (excluding diaryl/α,β-unsaturated/α-hetero) is 2. The summed E-state index contributed by atoms with van der Waals surface area (Å²) in [6.45, 7) is 0. The number of hydrogen-bond donors (Lipinski definition) is 0. The van der Waals surface area contributed by atoms with Crippen molar-refractivity contribution in [1.29, 1.82) is 0 Å². The Balaban J connectivity index is 1.77. The second kappa shape index (κ2) is 6.12. The molecule has 2 amide bonds. The number of nitrogens with zero attached hydrogens (tertiary/aromatic N) is 2. The van der Waals surface area contributed by atoms with Crippen LogP contribution in [0.2, 0.25) is 5.02 Å². The van der Waals surface area contributed by atoms with Gasteiger partial charge in [-0.3, -0.25) is 19.2 Å². The van der Waals surface area contributed by atoms with Crippen LogP contribution in [0.4, 0.5) is 5.69 Å². The highest BCUT2D eigenvalue weighted by atomic mass is 35.5. The van der Waals surface area contributed by atoms with Gasteiger partial charge >= 0.3 is 11.8 Å². The first-order valence-corrected chi connectivity index (χ1v) is 8.74. The van der Waals surface area contributed by atoms with Crippen molar-refractivity contribution < 1.29 is 19.2 Å². The van der Waals surface area contributed by atoms with Crippen molar-refractivity contribution >= 4 is 62.2 Å². The monoisotopic (exact) mass is 384 g/mol. The number of piperidine rings is 1. The topological polar surface area (TPSA) is 84.4 Å². The van der Waals surface area contributed by atoms with Gasteiger partial charge in [-0.1, -0.05) is 29.8 Å². The Kier molecular flexibility index (Phi) is 3.90. The first-order chi connectivity index (χ1) is 12.5. The number of benzene rings is 2. The minimum atomic E-state index is -1.50. The summed E-state index contributed by atoms with van der Waals surface area (Å²) in [4.78, 5) is 55.1. The van der Waals surface area contributed by atoms with Crippen LogP contribution in [0.25, 0.3) is 10.2 Å². The van der Waals surface area contributed by atoms with E-state index in [9.17, 15) is 19.2 Å². The zero-order valence-electron chi connectivity index (χ0n) is 13.0. The molecule has 1 aliphatic heterocycles. The van der Waals surface area contributed by atoms with E-state index < -0.39 is 29.3 Å². The zero-order valence-corrected chi connectivity index (χ0v) is 14.6. The van der Waals surface area contributed by atoms with Crippen LogP contribution in [0.1, 0.15) is 10.9 Å². The van der Waals surface area contributed by atoms with Crippen LogP contribution in [0, 0.1) is 0 Å². The molecule has 128 valence electrons. The molecule has 2 aromatic carbocycles. The molecule has 0 radical (unpaired) electrons. The van der Waals surface area contributed by atoms with Gasteiger partial charge in [0.05, 0.1) is 15.9 Å². The summed E-state index contributed by atoms with van der Waals surface area (Å²) in [5, 5.41) is 0.421. The van der Waals surface area contributed by atoms with Crippen LogP contribution < -0.4 is 4.90 Å². The number of amides is 2.